The molecule has 0 saturated heterocycles. The second-order valence-corrected chi connectivity index (χ2v) is 6.24. The Bertz CT molecular complexity index is 419. The summed E-state index contributed by atoms with van der Waals surface area (Å²) in [6.07, 6.45) is 5.07. The maximum atomic E-state index is 11.1. The third-order valence-corrected chi connectivity index (χ3v) is 4.56. The predicted octanol–water partition coefficient (Wildman–Crippen LogP) is 3.10. The number of methoxy groups -OCH3 is 1. The Balaban J connectivity index is 1.73. The van der Waals surface area contributed by atoms with Gasteiger partial charge in [0.15, 0.2) is 5.13 Å². The maximum Gasteiger partial charge on any atom is 0.305 e. The van der Waals surface area contributed by atoms with Gasteiger partial charge in [-0.3, -0.25) is 4.79 Å². The fourth-order valence-corrected chi connectivity index (χ4v) is 3.33. The van der Waals surface area contributed by atoms with Crippen LogP contribution in [-0.4, -0.2) is 24.6 Å². The lowest BCUT2D eigenvalue weighted by atomic mass is 10.1. The largest absolute Gasteiger partial charge is 0.469 e. The first-order valence-corrected chi connectivity index (χ1v) is 7.80. The molecule has 1 aliphatic rings. The van der Waals surface area contributed by atoms with E-state index in [2.05, 4.69) is 22.0 Å². The van der Waals surface area contributed by atoms with Crippen molar-refractivity contribution in [2.24, 2.45) is 11.8 Å². The maximum absolute atomic E-state index is 11.1. The third kappa shape index (κ3) is 4.49. The lowest BCUT2D eigenvalue weighted by Gasteiger charge is -2.09. The Hall–Kier alpha value is -1.10. The van der Waals surface area contributed by atoms with Gasteiger partial charge in [0.25, 0.3) is 0 Å². The molecule has 0 aromatic carbocycles. The molecule has 2 unspecified atom stereocenters. The molecular weight excluding hydrogens is 260 g/mol. The molecule has 2 rings (SSSR count). The average Bonchev–Trinajstić information content (AvgIpc) is 3.02. The average molecular weight is 282 g/mol. The number of thiazole rings is 1. The number of nitrogens with one attached hydrogen (secondary N) is 1. The van der Waals surface area contributed by atoms with Crippen molar-refractivity contribution in [3.05, 3.63) is 11.1 Å². The van der Waals surface area contributed by atoms with Crippen molar-refractivity contribution in [2.45, 2.75) is 39.0 Å². The zero-order chi connectivity index (χ0) is 13.7. The van der Waals surface area contributed by atoms with E-state index in [1.165, 1.54) is 26.4 Å². The summed E-state index contributed by atoms with van der Waals surface area (Å²) in [5, 5.41) is 6.41. The zero-order valence-electron chi connectivity index (χ0n) is 11.6. The molecule has 1 aromatic heterocycles. The molecule has 0 aliphatic heterocycles. The van der Waals surface area contributed by atoms with Crippen LogP contribution >= 0.6 is 11.3 Å². The molecular formula is C14H22N2O2S. The van der Waals surface area contributed by atoms with Crippen molar-refractivity contribution >= 4 is 22.4 Å². The third-order valence-electron chi connectivity index (χ3n) is 3.71. The van der Waals surface area contributed by atoms with E-state index in [-0.39, 0.29) is 5.97 Å². The Morgan fingerprint density at radius 3 is 3.11 bits per heavy atom. The minimum Gasteiger partial charge on any atom is -0.469 e. The van der Waals surface area contributed by atoms with Crippen LogP contribution in [0.15, 0.2) is 5.38 Å². The van der Waals surface area contributed by atoms with Crippen LogP contribution in [0.4, 0.5) is 5.13 Å². The number of carbonyl (C=O) groups is 1. The lowest BCUT2D eigenvalue weighted by Crippen LogP contribution is -2.11. The minimum absolute atomic E-state index is 0.178. The molecule has 0 spiro atoms. The van der Waals surface area contributed by atoms with Crippen molar-refractivity contribution in [3.8, 4) is 0 Å². The summed E-state index contributed by atoms with van der Waals surface area (Å²) in [5.41, 5.74) is 0.970. The number of anilines is 1. The standard InChI is InChI=1S/C14H22N2O2S/c1-10-3-4-11(7-10)8-15-14-16-12(9-19-14)5-6-13(17)18-2/h9-11H,3-8H2,1-2H3,(H,15,16). The molecule has 0 bridgehead atoms. The molecule has 1 N–H and O–H groups in total. The molecule has 19 heavy (non-hydrogen) atoms. The number of aryl methyl sites for hydroxylation is 1. The molecule has 1 aromatic rings. The number of rotatable bonds is 6. The van der Waals surface area contributed by atoms with E-state index in [4.69, 9.17) is 0 Å². The summed E-state index contributed by atoms with van der Waals surface area (Å²) < 4.78 is 4.62. The van der Waals surface area contributed by atoms with Gasteiger partial charge in [0, 0.05) is 18.3 Å². The van der Waals surface area contributed by atoms with Gasteiger partial charge in [-0.15, -0.1) is 11.3 Å². The quantitative estimate of drug-likeness (QED) is 0.815. The van der Waals surface area contributed by atoms with E-state index in [9.17, 15) is 4.79 Å². The second-order valence-electron chi connectivity index (χ2n) is 5.39. The molecule has 0 radical (unpaired) electrons. The summed E-state index contributed by atoms with van der Waals surface area (Å²) in [4.78, 5) is 15.6. The van der Waals surface area contributed by atoms with Crippen LogP contribution in [0, 0.1) is 11.8 Å². The van der Waals surface area contributed by atoms with Gasteiger partial charge in [-0.2, -0.15) is 0 Å². The van der Waals surface area contributed by atoms with Crippen molar-refractivity contribution < 1.29 is 9.53 Å². The molecule has 2 atom stereocenters. The van der Waals surface area contributed by atoms with Gasteiger partial charge in [0.05, 0.1) is 19.2 Å². The molecule has 106 valence electrons. The van der Waals surface area contributed by atoms with Crippen LogP contribution in [0.3, 0.4) is 0 Å². The van der Waals surface area contributed by atoms with E-state index >= 15 is 0 Å². The number of nitrogens with zero attached hydrogens (tertiary/aromatic N) is 1. The van der Waals surface area contributed by atoms with Crippen LogP contribution in [-0.2, 0) is 16.0 Å². The van der Waals surface area contributed by atoms with E-state index in [1.807, 2.05) is 5.38 Å². The van der Waals surface area contributed by atoms with E-state index in [0.29, 0.717) is 12.8 Å². The van der Waals surface area contributed by atoms with Crippen molar-refractivity contribution in [3.63, 3.8) is 0 Å². The van der Waals surface area contributed by atoms with Gasteiger partial charge in [0.1, 0.15) is 0 Å². The SMILES string of the molecule is COC(=O)CCc1csc(NCC2CCC(C)C2)n1. The van der Waals surface area contributed by atoms with Crippen LogP contribution in [0.25, 0.3) is 0 Å². The summed E-state index contributed by atoms with van der Waals surface area (Å²) in [6.45, 7) is 3.35. The Labute approximate surface area is 118 Å². The monoisotopic (exact) mass is 282 g/mol. The molecule has 5 heteroatoms. The Morgan fingerprint density at radius 2 is 2.42 bits per heavy atom. The van der Waals surface area contributed by atoms with Crippen molar-refractivity contribution in [1.82, 2.24) is 4.98 Å². The number of carbonyl (C=O) groups excluding carboxylic acids is 1. The first-order chi connectivity index (χ1) is 9.17. The normalized spacial score (nSPS) is 22.4. The zero-order valence-corrected chi connectivity index (χ0v) is 12.5. The number of hydrogen-bond acceptors (Lipinski definition) is 5. The van der Waals surface area contributed by atoms with Gasteiger partial charge in [-0.25, -0.2) is 4.98 Å². The Morgan fingerprint density at radius 1 is 1.58 bits per heavy atom. The fourth-order valence-electron chi connectivity index (χ4n) is 2.58. The minimum atomic E-state index is -0.178. The summed E-state index contributed by atoms with van der Waals surface area (Å²) >= 11 is 1.62. The number of esters is 1. The second kappa shape index (κ2) is 6.89. The molecule has 0 amide bonds. The highest BCUT2D eigenvalue weighted by molar-refractivity contribution is 7.13. The molecule has 1 fully saturated rings. The molecule has 1 heterocycles. The first kappa shape index (κ1) is 14.3. The van der Waals surface area contributed by atoms with Crippen LogP contribution in [0.1, 0.15) is 38.3 Å². The van der Waals surface area contributed by atoms with Crippen LogP contribution in [0.5, 0.6) is 0 Å². The summed E-state index contributed by atoms with van der Waals surface area (Å²) in [6, 6.07) is 0. The summed E-state index contributed by atoms with van der Waals surface area (Å²) in [5.74, 6) is 1.48. The van der Waals surface area contributed by atoms with Gasteiger partial charge >= 0.3 is 5.97 Å². The van der Waals surface area contributed by atoms with E-state index < -0.39 is 0 Å². The van der Waals surface area contributed by atoms with E-state index in [0.717, 1.165) is 29.2 Å². The Kier molecular flexibility index (Phi) is 5.19. The van der Waals surface area contributed by atoms with Gasteiger partial charge in [-0.1, -0.05) is 13.3 Å². The number of hydrogen-bond donors (Lipinski definition) is 1. The highest BCUT2D eigenvalue weighted by Crippen LogP contribution is 2.30. The topological polar surface area (TPSA) is 51.2 Å². The van der Waals surface area contributed by atoms with Gasteiger partial charge in [-0.05, 0) is 24.7 Å². The molecule has 4 nitrogen and oxygen atoms in total. The van der Waals surface area contributed by atoms with Crippen molar-refractivity contribution in [2.75, 3.05) is 19.0 Å². The smallest absolute Gasteiger partial charge is 0.305 e. The lowest BCUT2D eigenvalue weighted by molar-refractivity contribution is -0.140. The molecule has 1 aliphatic carbocycles. The number of aromatic nitrogens is 1. The van der Waals surface area contributed by atoms with E-state index in [1.54, 1.807) is 11.3 Å². The predicted molar refractivity (Wildman–Crippen MR) is 77.4 cm³/mol. The van der Waals surface area contributed by atoms with Gasteiger partial charge in [0.2, 0.25) is 0 Å². The first-order valence-electron chi connectivity index (χ1n) is 6.92. The fraction of sp³-hybridized carbons (Fsp3) is 0.714. The number of ether oxygens (including phenoxy) is 1. The highest BCUT2D eigenvalue weighted by atomic mass is 32.1. The van der Waals surface area contributed by atoms with Gasteiger partial charge < -0.3 is 10.1 Å². The van der Waals surface area contributed by atoms with Crippen LogP contribution in [0.2, 0.25) is 0 Å². The van der Waals surface area contributed by atoms with Crippen molar-refractivity contribution in [1.29, 1.82) is 0 Å². The van der Waals surface area contributed by atoms with Crippen LogP contribution < -0.4 is 5.32 Å². The summed E-state index contributed by atoms with van der Waals surface area (Å²) in [7, 11) is 1.42. The molecule has 1 saturated carbocycles. The highest BCUT2D eigenvalue weighted by Gasteiger charge is 2.21.